The van der Waals surface area contributed by atoms with E-state index in [1.807, 2.05) is 13.0 Å². The lowest BCUT2D eigenvalue weighted by atomic mass is 10.2. The van der Waals surface area contributed by atoms with Crippen LogP contribution in [0.5, 0.6) is 0 Å². The fourth-order valence-electron chi connectivity index (χ4n) is 2.07. The van der Waals surface area contributed by atoms with E-state index in [0.717, 1.165) is 37.7 Å². The van der Waals surface area contributed by atoms with E-state index in [-0.39, 0.29) is 0 Å². The summed E-state index contributed by atoms with van der Waals surface area (Å²) < 4.78 is 0. The third-order valence-electron chi connectivity index (χ3n) is 2.84. The van der Waals surface area contributed by atoms with Gasteiger partial charge in [-0.25, -0.2) is 0 Å². The molecule has 6 nitrogen and oxygen atoms in total. The normalized spacial score (nSPS) is 20.5. The number of likely N-dealkylation sites (N-methyl/N-ethyl adjacent to an activating group) is 1. The third kappa shape index (κ3) is 3.20. The highest BCUT2D eigenvalue weighted by Crippen LogP contribution is 2.16. The second-order valence-corrected chi connectivity index (χ2v) is 4.42. The van der Waals surface area contributed by atoms with Gasteiger partial charge in [0.15, 0.2) is 0 Å². The molecule has 0 saturated carbocycles. The smallest absolute Gasteiger partial charge is 0.223 e. The highest BCUT2D eigenvalue weighted by molar-refractivity contribution is 5.51. The van der Waals surface area contributed by atoms with E-state index in [9.17, 15) is 0 Å². The van der Waals surface area contributed by atoms with Crippen molar-refractivity contribution in [3.63, 3.8) is 0 Å². The first kappa shape index (κ1) is 11.9. The predicted octanol–water partition coefficient (Wildman–Crippen LogP) is 0.607. The van der Waals surface area contributed by atoms with Gasteiger partial charge < -0.3 is 21.3 Å². The molecule has 0 spiro atoms. The lowest BCUT2D eigenvalue weighted by Crippen LogP contribution is -2.24. The molecule has 1 atom stereocenters. The van der Waals surface area contributed by atoms with Crippen molar-refractivity contribution in [1.82, 2.24) is 14.9 Å². The van der Waals surface area contributed by atoms with Crippen molar-refractivity contribution in [3.05, 3.63) is 6.07 Å². The molecule has 1 saturated heterocycles. The fourth-order valence-corrected chi connectivity index (χ4v) is 2.07. The van der Waals surface area contributed by atoms with Crippen molar-refractivity contribution < 1.29 is 0 Å². The van der Waals surface area contributed by atoms with Crippen LogP contribution in [-0.2, 0) is 0 Å². The van der Waals surface area contributed by atoms with E-state index in [2.05, 4.69) is 32.5 Å². The van der Waals surface area contributed by atoms with Crippen molar-refractivity contribution in [3.8, 4) is 0 Å². The van der Waals surface area contributed by atoms with Crippen LogP contribution in [0.4, 0.5) is 17.6 Å². The summed E-state index contributed by atoms with van der Waals surface area (Å²) in [6.45, 7) is 5.01. The molecular formula is C11H20N6. The molecule has 17 heavy (non-hydrogen) atoms. The fraction of sp³-hybridized carbons (Fsp3) is 0.636. The summed E-state index contributed by atoms with van der Waals surface area (Å²) in [5.41, 5.74) is 5.68. The average molecular weight is 236 g/mol. The van der Waals surface area contributed by atoms with Gasteiger partial charge >= 0.3 is 0 Å². The number of anilines is 3. The molecule has 1 aliphatic rings. The van der Waals surface area contributed by atoms with Crippen LogP contribution >= 0.6 is 0 Å². The van der Waals surface area contributed by atoms with E-state index < -0.39 is 0 Å². The van der Waals surface area contributed by atoms with E-state index in [4.69, 9.17) is 5.73 Å². The van der Waals surface area contributed by atoms with Crippen molar-refractivity contribution in [2.45, 2.75) is 19.4 Å². The second-order valence-electron chi connectivity index (χ2n) is 4.42. The first-order valence-corrected chi connectivity index (χ1v) is 6.01. The summed E-state index contributed by atoms with van der Waals surface area (Å²) >= 11 is 0. The van der Waals surface area contributed by atoms with Gasteiger partial charge in [-0.15, -0.1) is 0 Å². The minimum Gasteiger partial charge on any atom is -0.370 e. The Morgan fingerprint density at radius 2 is 2.24 bits per heavy atom. The molecule has 0 bridgehead atoms. The maximum atomic E-state index is 5.68. The number of nitrogens with one attached hydrogen (secondary N) is 2. The van der Waals surface area contributed by atoms with Gasteiger partial charge in [0, 0.05) is 25.2 Å². The topological polar surface area (TPSA) is 79.1 Å². The molecule has 0 amide bonds. The molecule has 0 aliphatic carbocycles. The zero-order valence-electron chi connectivity index (χ0n) is 10.4. The number of hydrogen-bond donors (Lipinski definition) is 3. The number of aromatic nitrogens is 2. The van der Waals surface area contributed by atoms with Gasteiger partial charge in [0.05, 0.1) is 0 Å². The molecule has 0 radical (unpaired) electrons. The molecule has 2 heterocycles. The Kier molecular flexibility index (Phi) is 3.63. The molecule has 94 valence electrons. The number of rotatable bonds is 4. The lowest BCUT2D eigenvalue weighted by Gasteiger charge is -2.14. The lowest BCUT2D eigenvalue weighted by molar-refractivity contribution is 0.414. The van der Waals surface area contributed by atoms with E-state index in [0.29, 0.717) is 12.0 Å². The first-order valence-electron chi connectivity index (χ1n) is 6.01. The van der Waals surface area contributed by atoms with E-state index in [1.54, 1.807) is 0 Å². The van der Waals surface area contributed by atoms with Crippen LogP contribution in [0.15, 0.2) is 6.07 Å². The largest absolute Gasteiger partial charge is 0.370 e. The summed E-state index contributed by atoms with van der Waals surface area (Å²) in [5.74, 6) is 1.87. The first-order chi connectivity index (χ1) is 8.17. The van der Waals surface area contributed by atoms with Crippen molar-refractivity contribution in [2.75, 3.05) is 43.0 Å². The number of likely N-dealkylation sites (tertiary alicyclic amines) is 1. The van der Waals surface area contributed by atoms with Crippen LogP contribution in [0.25, 0.3) is 0 Å². The molecule has 6 heteroatoms. The highest BCUT2D eigenvalue weighted by Gasteiger charge is 2.19. The molecule has 4 N–H and O–H groups in total. The van der Waals surface area contributed by atoms with Gasteiger partial charge in [-0.2, -0.15) is 9.97 Å². The minimum absolute atomic E-state index is 0.303. The van der Waals surface area contributed by atoms with E-state index >= 15 is 0 Å². The molecule has 1 aromatic rings. The van der Waals surface area contributed by atoms with Gasteiger partial charge in [-0.05, 0) is 26.9 Å². The van der Waals surface area contributed by atoms with Gasteiger partial charge in [-0.1, -0.05) is 0 Å². The van der Waals surface area contributed by atoms with Crippen LogP contribution in [0, 0.1) is 0 Å². The molecule has 1 aliphatic heterocycles. The zero-order valence-corrected chi connectivity index (χ0v) is 10.4. The SMILES string of the molecule is CCNc1cc(NC2CCN(C)C2)nc(N)n1. The summed E-state index contributed by atoms with van der Waals surface area (Å²) in [6.07, 6.45) is 1.14. The maximum Gasteiger partial charge on any atom is 0.223 e. The molecule has 2 rings (SSSR count). The van der Waals surface area contributed by atoms with Crippen LogP contribution in [0.2, 0.25) is 0 Å². The number of nitrogen functional groups attached to an aromatic ring is 1. The Morgan fingerprint density at radius 3 is 2.88 bits per heavy atom. The molecule has 0 aromatic carbocycles. The Hall–Kier alpha value is -1.56. The summed E-state index contributed by atoms with van der Waals surface area (Å²) in [4.78, 5) is 10.6. The van der Waals surface area contributed by atoms with Crippen LogP contribution in [0.1, 0.15) is 13.3 Å². The maximum absolute atomic E-state index is 5.68. The Labute approximate surface area is 102 Å². The van der Waals surface area contributed by atoms with Gasteiger partial charge in [0.1, 0.15) is 11.6 Å². The van der Waals surface area contributed by atoms with Crippen LogP contribution in [0.3, 0.4) is 0 Å². The predicted molar refractivity (Wildman–Crippen MR) is 70.1 cm³/mol. The molecule has 1 unspecified atom stereocenters. The molecule has 1 aromatic heterocycles. The highest BCUT2D eigenvalue weighted by atomic mass is 15.2. The Bertz CT molecular complexity index is 380. The monoisotopic (exact) mass is 236 g/mol. The molecule has 1 fully saturated rings. The Balaban J connectivity index is 2.04. The quantitative estimate of drug-likeness (QED) is 0.710. The van der Waals surface area contributed by atoms with Crippen LogP contribution in [-0.4, -0.2) is 47.6 Å². The summed E-state index contributed by atoms with van der Waals surface area (Å²) in [7, 11) is 2.13. The van der Waals surface area contributed by atoms with Crippen molar-refractivity contribution >= 4 is 17.6 Å². The van der Waals surface area contributed by atoms with Crippen LogP contribution < -0.4 is 16.4 Å². The summed E-state index contributed by atoms with van der Waals surface area (Å²) in [5, 5.41) is 6.54. The van der Waals surface area contributed by atoms with Crippen molar-refractivity contribution in [1.29, 1.82) is 0 Å². The third-order valence-corrected chi connectivity index (χ3v) is 2.84. The number of hydrogen-bond acceptors (Lipinski definition) is 6. The van der Waals surface area contributed by atoms with E-state index in [1.165, 1.54) is 0 Å². The van der Waals surface area contributed by atoms with Gasteiger partial charge in [-0.3, -0.25) is 0 Å². The minimum atomic E-state index is 0.303. The molecular weight excluding hydrogens is 216 g/mol. The number of nitrogens with two attached hydrogens (primary N) is 1. The summed E-state index contributed by atoms with van der Waals surface area (Å²) in [6, 6.07) is 2.35. The van der Waals surface area contributed by atoms with Crippen molar-refractivity contribution in [2.24, 2.45) is 0 Å². The zero-order chi connectivity index (χ0) is 12.3. The average Bonchev–Trinajstić information content (AvgIpc) is 2.63. The van der Waals surface area contributed by atoms with Gasteiger partial charge in [0.2, 0.25) is 5.95 Å². The number of nitrogens with zero attached hydrogens (tertiary/aromatic N) is 3. The van der Waals surface area contributed by atoms with Gasteiger partial charge in [0.25, 0.3) is 0 Å². The second kappa shape index (κ2) is 5.18. The Morgan fingerprint density at radius 1 is 1.47 bits per heavy atom. The standard InChI is InChI=1S/C11H20N6/c1-3-13-9-6-10(16-11(12)15-9)14-8-4-5-17(2)7-8/h6,8H,3-5,7H2,1-2H3,(H4,12,13,14,15,16).